The van der Waals surface area contributed by atoms with E-state index in [9.17, 15) is 0 Å². The van der Waals surface area contributed by atoms with Gasteiger partial charge in [-0.15, -0.1) is 24.0 Å². The third-order valence-corrected chi connectivity index (χ3v) is 4.08. The first kappa shape index (κ1) is 26.1. The second-order valence-corrected chi connectivity index (χ2v) is 7.14. The Morgan fingerprint density at radius 2 is 1.81 bits per heavy atom. The molecular formula is C21H38IN3O2. The van der Waals surface area contributed by atoms with Crippen LogP contribution < -0.4 is 11.1 Å². The quantitative estimate of drug-likeness (QED) is 0.185. The molecule has 0 saturated carbocycles. The van der Waals surface area contributed by atoms with Gasteiger partial charge in [-0.3, -0.25) is 0 Å². The van der Waals surface area contributed by atoms with Crippen molar-refractivity contribution in [3.05, 3.63) is 35.4 Å². The Labute approximate surface area is 182 Å². The van der Waals surface area contributed by atoms with Gasteiger partial charge in [0.05, 0.1) is 26.4 Å². The van der Waals surface area contributed by atoms with Gasteiger partial charge in [0.1, 0.15) is 0 Å². The minimum atomic E-state index is 0. The summed E-state index contributed by atoms with van der Waals surface area (Å²) in [6.45, 7) is 11.8. The van der Waals surface area contributed by atoms with Crippen LogP contribution in [0.1, 0.15) is 58.1 Å². The first-order valence-corrected chi connectivity index (χ1v) is 9.81. The molecule has 0 radical (unpaired) electrons. The number of nitrogens with two attached hydrogens (primary N) is 1. The molecule has 1 rings (SSSR count). The van der Waals surface area contributed by atoms with E-state index >= 15 is 0 Å². The van der Waals surface area contributed by atoms with E-state index in [1.165, 1.54) is 12.8 Å². The maximum absolute atomic E-state index is 6.02. The molecule has 0 aliphatic rings. The highest BCUT2D eigenvalue weighted by Gasteiger charge is 2.04. The Morgan fingerprint density at radius 3 is 2.52 bits per heavy atom. The van der Waals surface area contributed by atoms with Crippen molar-refractivity contribution >= 4 is 29.9 Å². The fourth-order valence-corrected chi connectivity index (χ4v) is 2.65. The highest BCUT2D eigenvalue weighted by molar-refractivity contribution is 14.0. The number of halogens is 1. The molecule has 0 fully saturated rings. The molecule has 1 aromatic carbocycles. The molecule has 0 aliphatic heterocycles. The molecule has 1 atom stereocenters. The lowest BCUT2D eigenvalue weighted by Crippen LogP contribution is -2.38. The predicted octanol–water partition coefficient (Wildman–Crippen LogP) is 4.48. The van der Waals surface area contributed by atoms with Gasteiger partial charge in [0.25, 0.3) is 0 Å². The zero-order chi connectivity index (χ0) is 19.2. The summed E-state index contributed by atoms with van der Waals surface area (Å²) in [5, 5.41) is 3.28. The third-order valence-electron chi connectivity index (χ3n) is 4.08. The molecule has 1 unspecified atom stereocenters. The molecule has 0 aliphatic carbocycles. The summed E-state index contributed by atoms with van der Waals surface area (Å²) < 4.78 is 10.9. The second kappa shape index (κ2) is 16.1. The number of guanidine groups is 1. The summed E-state index contributed by atoms with van der Waals surface area (Å²) in [6.07, 6.45) is 3.58. The van der Waals surface area contributed by atoms with Crippen LogP contribution in [0.15, 0.2) is 29.3 Å². The van der Waals surface area contributed by atoms with Crippen molar-refractivity contribution < 1.29 is 9.47 Å². The topological polar surface area (TPSA) is 68.9 Å². The Bertz CT molecular complexity index is 524. The highest BCUT2D eigenvalue weighted by atomic mass is 127. The Hall–Kier alpha value is -0.860. The molecule has 5 nitrogen and oxygen atoms in total. The number of benzene rings is 1. The lowest BCUT2D eigenvalue weighted by molar-refractivity contribution is 0.0453. The van der Waals surface area contributed by atoms with Gasteiger partial charge in [-0.25, -0.2) is 4.99 Å². The number of hydrogen-bond donors (Lipinski definition) is 2. The van der Waals surface area contributed by atoms with Crippen LogP contribution >= 0.6 is 24.0 Å². The number of rotatable bonds is 13. The average Bonchev–Trinajstić information content (AvgIpc) is 2.60. The van der Waals surface area contributed by atoms with Gasteiger partial charge in [0.2, 0.25) is 0 Å². The first-order chi connectivity index (χ1) is 12.5. The Kier molecular flexibility index (Phi) is 15.6. The van der Waals surface area contributed by atoms with Crippen molar-refractivity contribution in [2.24, 2.45) is 16.6 Å². The summed E-state index contributed by atoms with van der Waals surface area (Å²) >= 11 is 0. The normalized spacial score (nSPS) is 12.7. The van der Waals surface area contributed by atoms with Crippen molar-refractivity contribution in [1.29, 1.82) is 0 Å². The monoisotopic (exact) mass is 491 g/mol. The minimum absolute atomic E-state index is 0. The molecule has 156 valence electrons. The number of ether oxygens (including phenoxy) is 2. The summed E-state index contributed by atoms with van der Waals surface area (Å²) in [5.41, 5.74) is 8.29. The van der Waals surface area contributed by atoms with Crippen LogP contribution in [0.2, 0.25) is 0 Å². The zero-order valence-corrected chi connectivity index (χ0v) is 19.7. The number of nitrogens with zero attached hydrogens (tertiary/aromatic N) is 1. The standard InChI is InChI=1S/C21H37N3O2.HI/c1-5-25-12-13-26-16-20-11-7-10-19(14-20)15-23-21(22)24-18(4)9-6-8-17(2)3;/h7,10-11,14,17-18H,5-6,8-9,12-13,15-16H2,1-4H3,(H3,22,23,24);1H. The fourth-order valence-electron chi connectivity index (χ4n) is 2.65. The Morgan fingerprint density at radius 1 is 1.11 bits per heavy atom. The average molecular weight is 491 g/mol. The molecule has 0 spiro atoms. The van der Waals surface area contributed by atoms with E-state index in [0.717, 1.165) is 30.1 Å². The maximum Gasteiger partial charge on any atom is 0.189 e. The van der Waals surface area contributed by atoms with Crippen molar-refractivity contribution in [3.63, 3.8) is 0 Å². The summed E-state index contributed by atoms with van der Waals surface area (Å²) in [4.78, 5) is 4.46. The molecule has 0 heterocycles. The van der Waals surface area contributed by atoms with Gasteiger partial charge >= 0.3 is 0 Å². The molecule has 3 N–H and O–H groups in total. The van der Waals surface area contributed by atoms with Crippen molar-refractivity contribution in [2.45, 2.75) is 66.2 Å². The molecule has 6 heteroatoms. The molecule has 0 aromatic heterocycles. The van der Waals surface area contributed by atoms with Gasteiger partial charge in [-0.05, 0) is 37.3 Å². The van der Waals surface area contributed by atoms with E-state index in [4.69, 9.17) is 15.2 Å². The van der Waals surface area contributed by atoms with Crippen LogP contribution in [0.3, 0.4) is 0 Å². The van der Waals surface area contributed by atoms with E-state index in [-0.39, 0.29) is 24.0 Å². The van der Waals surface area contributed by atoms with Crippen LogP contribution in [-0.2, 0) is 22.6 Å². The van der Waals surface area contributed by atoms with Gasteiger partial charge in [0.15, 0.2) is 5.96 Å². The van der Waals surface area contributed by atoms with E-state index in [1.54, 1.807) is 0 Å². The molecule has 0 bridgehead atoms. The van der Waals surface area contributed by atoms with E-state index in [1.807, 2.05) is 13.0 Å². The third kappa shape index (κ3) is 13.9. The van der Waals surface area contributed by atoms with Gasteiger partial charge in [-0.1, -0.05) is 51.0 Å². The largest absolute Gasteiger partial charge is 0.379 e. The lowest BCUT2D eigenvalue weighted by Gasteiger charge is -2.15. The van der Waals surface area contributed by atoms with Crippen molar-refractivity contribution in [2.75, 3.05) is 19.8 Å². The zero-order valence-electron chi connectivity index (χ0n) is 17.4. The SMILES string of the molecule is CCOCCOCc1cccc(CN=C(N)NC(C)CCCC(C)C)c1.I. The number of aliphatic imine (C=N–C) groups is 1. The van der Waals surface area contributed by atoms with E-state index in [2.05, 4.69) is 49.3 Å². The lowest BCUT2D eigenvalue weighted by atomic mass is 10.0. The minimum Gasteiger partial charge on any atom is -0.379 e. The van der Waals surface area contributed by atoms with Gasteiger partial charge < -0.3 is 20.5 Å². The van der Waals surface area contributed by atoms with Gasteiger partial charge in [-0.2, -0.15) is 0 Å². The van der Waals surface area contributed by atoms with Crippen molar-refractivity contribution in [3.8, 4) is 0 Å². The molecular weight excluding hydrogens is 453 g/mol. The Balaban J connectivity index is 0.00000676. The second-order valence-electron chi connectivity index (χ2n) is 7.14. The van der Waals surface area contributed by atoms with Crippen LogP contribution in [0, 0.1) is 5.92 Å². The molecule has 1 aromatic rings. The molecule has 0 saturated heterocycles. The van der Waals surface area contributed by atoms with Gasteiger partial charge in [0, 0.05) is 12.6 Å². The van der Waals surface area contributed by atoms with E-state index in [0.29, 0.717) is 38.4 Å². The first-order valence-electron chi connectivity index (χ1n) is 9.81. The predicted molar refractivity (Wildman–Crippen MR) is 125 cm³/mol. The van der Waals surface area contributed by atoms with E-state index < -0.39 is 0 Å². The highest BCUT2D eigenvalue weighted by Crippen LogP contribution is 2.09. The maximum atomic E-state index is 6.02. The summed E-state index contributed by atoms with van der Waals surface area (Å²) in [5.74, 6) is 1.27. The van der Waals surface area contributed by atoms with Crippen LogP contribution in [0.4, 0.5) is 0 Å². The molecule has 27 heavy (non-hydrogen) atoms. The van der Waals surface area contributed by atoms with Crippen LogP contribution in [-0.4, -0.2) is 31.8 Å². The summed E-state index contributed by atoms with van der Waals surface area (Å²) in [7, 11) is 0. The molecule has 0 amide bonds. The van der Waals surface area contributed by atoms with Crippen LogP contribution in [0.25, 0.3) is 0 Å². The number of nitrogens with one attached hydrogen (secondary N) is 1. The number of hydrogen-bond acceptors (Lipinski definition) is 3. The van der Waals surface area contributed by atoms with Crippen LogP contribution in [0.5, 0.6) is 0 Å². The fraction of sp³-hybridized carbons (Fsp3) is 0.667. The van der Waals surface area contributed by atoms with Crippen molar-refractivity contribution in [1.82, 2.24) is 5.32 Å². The smallest absolute Gasteiger partial charge is 0.189 e. The summed E-state index contributed by atoms with van der Waals surface area (Å²) in [6, 6.07) is 8.62.